The van der Waals surface area contributed by atoms with Gasteiger partial charge in [-0.15, -0.1) is 0 Å². The Morgan fingerprint density at radius 3 is 2.47 bits per heavy atom. The highest BCUT2D eigenvalue weighted by Gasteiger charge is 2.28. The Morgan fingerprint density at radius 2 is 1.87 bits per heavy atom. The van der Waals surface area contributed by atoms with Crippen LogP contribution in [0.1, 0.15) is 13.8 Å². The molecule has 3 heteroatoms. The van der Waals surface area contributed by atoms with Gasteiger partial charge in [0.05, 0.1) is 5.69 Å². The second-order valence-electron chi connectivity index (χ2n) is 4.23. The Morgan fingerprint density at radius 1 is 1.20 bits per heavy atom. The quantitative estimate of drug-likeness (QED) is 0.734. The van der Waals surface area contributed by atoms with E-state index in [2.05, 4.69) is 48.0 Å². The van der Waals surface area contributed by atoms with Crippen molar-refractivity contribution in [2.45, 2.75) is 20.0 Å². The Labute approximate surface area is 91.0 Å². The van der Waals surface area contributed by atoms with Crippen molar-refractivity contribution in [2.24, 2.45) is 11.0 Å². The maximum Gasteiger partial charge on any atom is 0.126 e. The molecule has 80 valence electrons. The molecule has 0 aromatic heterocycles. The molecule has 0 aliphatic carbocycles. The van der Waals surface area contributed by atoms with E-state index in [1.807, 2.05) is 24.5 Å². The fourth-order valence-corrected chi connectivity index (χ4v) is 2.00. The zero-order chi connectivity index (χ0) is 10.8. The van der Waals surface area contributed by atoms with Gasteiger partial charge in [-0.1, -0.05) is 32.0 Å². The standard InChI is InChI=1S/C12H17N3/c1-10(2)12-14(3)9-13-15(12)11-7-5-4-6-8-11/h4-10,12H,1-3H3. The van der Waals surface area contributed by atoms with Crippen molar-refractivity contribution in [2.75, 3.05) is 12.1 Å². The van der Waals surface area contributed by atoms with Crippen LogP contribution in [-0.2, 0) is 0 Å². The highest BCUT2D eigenvalue weighted by molar-refractivity contribution is 5.64. The molecule has 15 heavy (non-hydrogen) atoms. The lowest BCUT2D eigenvalue weighted by molar-refractivity contribution is 0.307. The third kappa shape index (κ3) is 1.82. The summed E-state index contributed by atoms with van der Waals surface area (Å²) in [6.45, 7) is 4.43. The molecule has 0 saturated heterocycles. The van der Waals surface area contributed by atoms with Gasteiger partial charge in [0.2, 0.25) is 0 Å². The molecule has 1 aliphatic rings. The predicted molar refractivity (Wildman–Crippen MR) is 63.8 cm³/mol. The van der Waals surface area contributed by atoms with E-state index in [1.54, 1.807) is 0 Å². The summed E-state index contributed by atoms with van der Waals surface area (Å²) >= 11 is 0. The highest BCUT2D eigenvalue weighted by Crippen LogP contribution is 2.25. The number of hydrazone groups is 1. The lowest BCUT2D eigenvalue weighted by atomic mass is 10.1. The lowest BCUT2D eigenvalue weighted by Crippen LogP contribution is -2.41. The minimum absolute atomic E-state index is 0.326. The van der Waals surface area contributed by atoms with Crippen LogP contribution >= 0.6 is 0 Å². The van der Waals surface area contributed by atoms with Crippen molar-refractivity contribution in [3.63, 3.8) is 0 Å². The third-order valence-corrected chi connectivity index (χ3v) is 2.64. The molecule has 0 N–H and O–H groups in total. The normalized spacial score (nSPS) is 20.4. The molecule has 0 saturated carbocycles. The van der Waals surface area contributed by atoms with Crippen molar-refractivity contribution in [3.8, 4) is 0 Å². The molecule has 1 aromatic rings. The van der Waals surface area contributed by atoms with Gasteiger partial charge in [0, 0.05) is 7.05 Å². The van der Waals surface area contributed by atoms with Crippen LogP contribution in [0.4, 0.5) is 5.69 Å². The Balaban J connectivity index is 2.26. The van der Waals surface area contributed by atoms with Gasteiger partial charge in [0.1, 0.15) is 12.5 Å². The van der Waals surface area contributed by atoms with Gasteiger partial charge in [-0.2, -0.15) is 5.10 Å². The third-order valence-electron chi connectivity index (χ3n) is 2.64. The largest absolute Gasteiger partial charge is 0.342 e. The van der Waals surface area contributed by atoms with Gasteiger partial charge >= 0.3 is 0 Å². The number of anilines is 1. The first-order valence-electron chi connectivity index (χ1n) is 5.30. The zero-order valence-electron chi connectivity index (χ0n) is 9.46. The van der Waals surface area contributed by atoms with Crippen molar-refractivity contribution >= 4 is 12.0 Å². The summed E-state index contributed by atoms with van der Waals surface area (Å²) in [6.07, 6.45) is 2.21. The van der Waals surface area contributed by atoms with E-state index >= 15 is 0 Å². The van der Waals surface area contributed by atoms with Gasteiger partial charge in [-0.3, -0.25) is 0 Å². The molecule has 1 unspecified atom stereocenters. The van der Waals surface area contributed by atoms with E-state index in [0.29, 0.717) is 12.1 Å². The van der Waals surface area contributed by atoms with Gasteiger partial charge < -0.3 is 4.90 Å². The van der Waals surface area contributed by atoms with Crippen LogP contribution < -0.4 is 5.01 Å². The Hall–Kier alpha value is -1.51. The number of benzene rings is 1. The molecule has 0 radical (unpaired) electrons. The lowest BCUT2D eigenvalue weighted by Gasteiger charge is -2.31. The molecule has 0 amide bonds. The average molecular weight is 203 g/mol. The maximum atomic E-state index is 4.42. The van der Waals surface area contributed by atoms with Gasteiger partial charge in [-0.05, 0) is 18.1 Å². The fourth-order valence-electron chi connectivity index (χ4n) is 2.00. The predicted octanol–water partition coefficient (Wildman–Crippen LogP) is 2.36. The summed E-state index contributed by atoms with van der Waals surface area (Å²) in [4.78, 5) is 2.15. The first-order chi connectivity index (χ1) is 7.20. The molecule has 3 nitrogen and oxygen atoms in total. The summed E-state index contributed by atoms with van der Waals surface area (Å²) in [5.74, 6) is 0.540. The van der Waals surface area contributed by atoms with E-state index in [4.69, 9.17) is 0 Å². The molecule has 1 atom stereocenters. The molecular formula is C12H17N3. The topological polar surface area (TPSA) is 18.8 Å². The van der Waals surface area contributed by atoms with Gasteiger partial charge in [-0.25, -0.2) is 5.01 Å². The molecule has 2 rings (SSSR count). The van der Waals surface area contributed by atoms with Crippen LogP contribution in [0.15, 0.2) is 35.4 Å². The highest BCUT2D eigenvalue weighted by atomic mass is 15.6. The maximum absolute atomic E-state index is 4.42. The summed E-state index contributed by atoms with van der Waals surface area (Å²) in [5, 5.41) is 6.50. The summed E-state index contributed by atoms with van der Waals surface area (Å²) in [6, 6.07) is 10.3. The van der Waals surface area contributed by atoms with Crippen LogP contribution in [-0.4, -0.2) is 24.5 Å². The fraction of sp³-hybridized carbons (Fsp3) is 0.417. The smallest absolute Gasteiger partial charge is 0.126 e. The van der Waals surface area contributed by atoms with E-state index in [0.717, 1.165) is 5.69 Å². The van der Waals surface area contributed by atoms with Crippen molar-refractivity contribution in [1.29, 1.82) is 0 Å². The SMILES string of the molecule is CC(C)C1N(C)C=NN1c1ccccc1. The molecule has 0 spiro atoms. The number of para-hydroxylation sites is 1. The van der Waals surface area contributed by atoms with Crippen molar-refractivity contribution in [1.82, 2.24) is 4.90 Å². The van der Waals surface area contributed by atoms with Crippen LogP contribution in [0.5, 0.6) is 0 Å². The Bertz CT molecular complexity index is 345. The van der Waals surface area contributed by atoms with Crippen LogP contribution in [0.2, 0.25) is 0 Å². The first-order valence-corrected chi connectivity index (χ1v) is 5.30. The van der Waals surface area contributed by atoms with Gasteiger partial charge in [0.25, 0.3) is 0 Å². The second kappa shape index (κ2) is 3.93. The van der Waals surface area contributed by atoms with E-state index in [9.17, 15) is 0 Å². The monoisotopic (exact) mass is 203 g/mol. The number of hydrogen-bond donors (Lipinski definition) is 0. The minimum Gasteiger partial charge on any atom is -0.342 e. The molecular weight excluding hydrogens is 186 g/mol. The average Bonchev–Trinajstić information content (AvgIpc) is 2.61. The molecule has 1 aliphatic heterocycles. The number of hydrogen-bond acceptors (Lipinski definition) is 3. The van der Waals surface area contributed by atoms with Crippen LogP contribution in [0, 0.1) is 5.92 Å². The van der Waals surface area contributed by atoms with Gasteiger partial charge in [0.15, 0.2) is 0 Å². The van der Waals surface area contributed by atoms with E-state index in [-0.39, 0.29) is 0 Å². The van der Waals surface area contributed by atoms with Crippen molar-refractivity contribution in [3.05, 3.63) is 30.3 Å². The van der Waals surface area contributed by atoms with E-state index < -0.39 is 0 Å². The first kappa shape index (κ1) is 10.0. The molecule has 0 bridgehead atoms. The summed E-state index contributed by atoms with van der Waals surface area (Å²) in [5.41, 5.74) is 1.15. The molecule has 1 aromatic carbocycles. The molecule has 0 fully saturated rings. The second-order valence-corrected chi connectivity index (χ2v) is 4.23. The van der Waals surface area contributed by atoms with Crippen LogP contribution in [0.25, 0.3) is 0 Å². The number of nitrogens with zero attached hydrogens (tertiary/aromatic N) is 3. The Kier molecular flexibility index (Phi) is 2.62. The van der Waals surface area contributed by atoms with Crippen LogP contribution in [0.3, 0.4) is 0 Å². The summed E-state index contributed by atoms with van der Waals surface area (Å²) in [7, 11) is 2.07. The molecule has 1 heterocycles. The zero-order valence-corrected chi connectivity index (χ0v) is 9.46. The minimum atomic E-state index is 0.326. The van der Waals surface area contributed by atoms with E-state index in [1.165, 1.54) is 0 Å². The number of rotatable bonds is 2. The summed E-state index contributed by atoms with van der Waals surface area (Å²) < 4.78 is 0. The van der Waals surface area contributed by atoms with Crippen molar-refractivity contribution < 1.29 is 0 Å².